The van der Waals surface area contributed by atoms with Crippen LogP contribution in [0.4, 0.5) is 5.82 Å². The molecule has 0 aliphatic carbocycles. The zero-order chi connectivity index (χ0) is 17.3. The van der Waals surface area contributed by atoms with Crippen molar-refractivity contribution in [3.05, 3.63) is 28.5 Å². The van der Waals surface area contributed by atoms with Crippen molar-refractivity contribution in [2.75, 3.05) is 18.0 Å². The van der Waals surface area contributed by atoms with E-state index < -0.39 is 0 Å². The first-order chi connectivity index (χ1) is 11.5. The van der Waals surface area contributed by atoms with Crippen molar-refractivity contribution in [3.63, 3.8) is 0 Å². The van der Waals surface area contributed by atoms with Gasteiger partial charge in [-0.05, 0) is 32.3 Å². The highest BCUT2D eigenvalue weighted by molar-refractivity contribution is 5.57. The molecule has 0 aromatic carbocycles. The SMILES string of the molecule is Cc1nnc(N2CCCC(c3noc(C(C)C)n3)C2)c(C#N)c1C. The molecule has 3 heterocycles. The molecule has 126 valence electrons. The molecule has 1 aliphatic rings. The van der Waals surface area contributed by atoms with Crippen LogP contribution in [0.25, 0.3) is 0 Å². The predicted octanol–water partition coefficient (Wildman–Crippen LogP) is 2.86. The molecular formula is C17H22N6O. The molecule has 7 nitrogen and oxygen atoms in total. The fraction of sp³-hybridized carbons (Fsp3) is 0.588. The van der Waals surface area contributed by atoms with Gasteiger partial charge >= 0.3 is 0 Å². The van der Waals surface area contributed by atoms with Gasteiger partial charge in [-0.25, -0.2) is 0 Å². The molecule has 0 saturated carbocycles. The second-order valence-corrected chi connectivity index (χ2v) is 6.65. The summed E-state index contributed by atoms with van der Waals surface area (Å²) >= 11 is 0. The van der Waals surface area contributed by atoms with Gasteiger partial charge in [0.2, 0.25) is 5.89 Å². The Labute approximate surface area is 141 Å². The molecular weight excluding hydrogens is 304 g/mol. The molecule has 1 saturated heterocycles. The lowest BCUT2D eigenvalue weighted by atomic mass is 9.96. The van der Waals surface area contributed by atoms with Crippen LogP contribution < -0.4 is 4.90 Å². The zero-order valence-corrected chi connectivity index (χ0v) is 14.6. The Morgan fingerprint density at radius 3 is 2.75 bits per heavy atom. The minimum atomic E-state index is 0.185. The van der Waals surface area contributed by atoms with Crippen molar-refractivity contribution in [2.24, 2.45) is 0 Å². The maximum Gasteiger partial charge on any atom is 0.229 e. The second kappa shape index (κ2) is 6.56. The van der Waals surface area contributed by atoms with E-state index in [2.05, 4.69) is 31.3 Å². The number of piperidine rings is 1. The first-order valence-corrected chi connectivity index (χ1v) is 8.33. The third-order valence-corrected chi connectivity index (χ3v) is 4.59. The topological polar surface area (TPSA) is 91.7 Å². The Balaban J connectivity index is 1.86. The van der Waals surface area contributed by atoms with Crippen LogP contribution in [0, 0.1) is 25.2 Å². The van der Waals surface area contributed by atoms with E-state index in [4.69, 9.17) is 4.52 Å². The zero-order valence-electron chi connectivity index (χ0n) is 14.6. The summed E-state index contributed by atoms with van der Waals surface area (Å²) < 4.78 is 5.34. The predicted molar refractivity (Wildman–Crippen MR) is 88.8 cm³/mol. The van der Waals surface area contributed by atoms with Gasteiger partial charge in [0.1, 0.15) is 11.6 Å². The first kappa shape index (κ1) is 16.4. The molecule has 2 aromatic heterocycles. The van der Waals surface area contributed by atoms with Crippen LogP contribution >= 0.6 is 0 Å². The second-order valence-electron chi connectivity index (χ2n) is 6.65. The maximum atomic E-state index is 9.52. The third-order valence-electron chi connectivity index (χ3n) is 4.59. The lowest BCUT2D eigenvalue weighted by Gasteiger charge is -2.32. The van der Waals surface area contributed by atoms with Crippen LogP contribution in [-0.2, 0) is 0 Å². The van der Waals surface area contributed by atoms with Crippen LogP contribution in [0.2, 0.25) is 0 Å². The van der Waals surface area contributed by atoms with E-state index in [-0.39, 0.29) is 11.8 Å². The summed E-state index contributed by atoms with van der Waals surface area (Å²) in [5.41, 5.74) is 2.30. The molecule has 3 rings (SSSR count). The quantitative estimate of drug-likeness (QED) is 0.856. The minimum absolute atomic E-state index is 0.185. The van der Waals surface area contributed by atoms with Gasteiger partial charge in [-0.3, -0.25) is 0 Å². The van der Waals surface area contributed by atoms with E-state index in [0.29, 0.717) is 17.3 Å². The largest absolute Gasteiger partial charge is 0.353 e. The maximum absolute atomic E-state index is 9.52. The van der Waals surface area contributed by atoms with Gasteiger partial charge < -0.3 is 9.42 Å². The van der Waals surface area contributed by atoms with Gasteiger partial charge in [-0.15, -0.1) is 5.10 Å². The van der Waals surface area contributed by atoms with E-state index in [1.807, 2.05) is 27.7 Å². The minimum Gasteiger partial charge on any atom is -0.353 e. The number of nitrogens with zero attached hydrogens (tertiary/aromatic N) is 6. The normalized spacial score (nSPS) is 18.0. The Morgan fingerprint density at radius 2 is 2.08 bits per heavy atom. The first-order valence-electron chi connectivity index (χ1n) is 8.33. The molecule has 0 amide bonds. The summed E-state index contributed by atoms with van der Waals surface area (Å²) in [4.78, 5) is 6.65. The number of rotatable bonds is 3. The van der Waals surface area contributed by atoms with Gasteiger partial charge in [0.15, 0.2) is 11.6 Å². The average molecular weight is 326 g/mol. The van der Waals surface area contributed by atoms with E-state index in [1.54, 1.807) is 0 Å². The molecule has 1 fully saturated rings. The van der Waals surface area contributed by atoms with Crippen LogP contribution in [0.5, 0.6) is 0 Å². The van der Waals surface area contributed by atoms with E-state index in [1.165, 1.54) is 0 Å². The van der Waals surface area contributed by atoms with Crippen molar-refractivity contribution in [2.45, 2.75) is 52.4 Å². The monoisotopic (exact) mass is 326 g/mol. The average Bonchev–Trinajstić information content (AvgIpc) is 3.07. The van der Waals surface area contributed by atoms with Crippen LogP contribution in [0.3, 0.4) is 0 Å². The summed E-state index contributed by atoms with van der Waals surface area (Å²) in [6.45, 7) is 9.45. The van der Waals surface area contributed by atoms with Crippen molar-refractivity contribution < 1.29 is 4.52 Å². The van der Waals surface area contributed by atoms with Gasteiger partial charge in [0, 0.05) is 24.9 Å². The number of hydrogen-bond acceptors (Lipinski definition) is 7. The van der Waals surface area contributed by atoms with E-state index in [0.717, 1.165) is 43.0 Å². The molecule has 0 spiro atoms. The Bertz CT molecular complexity index is 776. The van der Waals surface area contributed by atoms with Crippen molar-refractivity contribution in [3.8, 4) is 6.07 Å². The highest BCUT2D eigenvalue weighted by atomic mass is 16.5. The fourth-order valence-corrected chi connectivity index (χ4v) is 2.98. The highest BCUT2D eigenvalue weighted by Gasteiger charge is 2.28. The molecule has 0 N–H and O–H groups in total. The van der Waals surface area contributed by atoms with Crippen LogP contribution in [0.15, 0.2) is 4.52 Å². The van der Waals surface area contributed by atoms with Gasteiger partial charge in [-0.2, -0.15) is 15.3 Å². The molecule has 7 heteroatoms. The van der Waals surface area contributed by atoms with Crippen molar-refractivity contribution in [1.29, 1.82) is 5.26 Å². The summed E-state index contributed by atoms with van der Waals surface area (Å²) in [5, 5.41) is 22.1. The molecule has 1 unspecified atom stereocenters. The van der Waals surface area contributed by atoms with Crippen molar-refractivity contribution >= 4 is 5.82 Å². The highest BCUT2D eigenvalue weighted by Crippen LogP contribution is 2.30. The smallest absolute Gasteiger partial charge is 0.229 e. The Morgan fingerprint density at radius 1 is 1.29 bits per heavy atom. The molecule has 1 aliphatic heterocycles. The lowest BCUT2D eigenvalue weighted by Crippen LogP contribution is -2.36. The number of nitriles is 1. The molecule has 24 heavy (non-hydrogen) atoms. The third kappa shape index (κ3) is 2.96. The fourth-order valence-electron chi connectivity index (χ4n) is 2.98. The number of aryl methyl sites for hydroxylation is 1. The summed E-state index contributed by atoms with van der Waals surface area (Å²) in [5.74, 6) is 2.49. The van der Waals surface area contributed by atoms with E-state index >= 15 is 0 Å². The molecule has 0 radical (unpaired) electrons. The van der Waals surface area contributed by atoms with Crippen LogP contribution in [-0.4, -0.2) is 33.4 Å². The Hall–Kier alpha value is -2.49. The summed E-state index contributed by atoms with van der Waals surface area (Å²) in [6.07, 6.45) is 2.00. The van der Waals surface area contributed by atoms with E-state index in [9.17, 15) is 5.26 Å². The van der Waals surface area contributed by atoms with Gasteiger partial charge in [0.25, 0.3) is 0 Å². The summed E-state index contributed by atoms with van der Waals surface area (Å²) in [6, 6.07) is 2.28. The van der Waals surface area contributed by atoms with Gasteiger partial charge in [0.05, 0.1) is 5.69 Å². The molecule has 0 bridgehead atoms. The van der Waals surface area contributed by atoms with Crippen molar-refractivity contribution in [1.82, 2.24) is 20.3 Å². The standard InChI is InChI=1S/C17H22N6O/c1-10(2)17-19-15(22-24-17)13-6-5-7-23(9-13)16-14(8-18)11(3)12(4)20-21-16/h10,13H,5-7,9H2,1-4H3. The Kier molecular flexibility index (Phi) is 4.47. The van der Waals surface area contributed by atoms with Gasteiger partial charge in [-0.1, -0.05) is 19.0 Å². The lowest BCUT2D eigenvalue weighted by molar-refractivity contribution is 0.354. The molecule has 2 aromatic rings. The molecule has 1 atom stereocenters. The number of hydrogen-bond donors (Lipinski definition) is 0. The van der Waals surface area contributed by atoms with Crippen LogP contribution in [0.1, 0.15) is 67.1 Å². The summed E-state index contributed by atoms with van der Waals surface area (Å²) in [7, 11) is 0. The number of aromatic nitrogens is 4. The number of anilines is 1.